The van der Waals surface area contributed by atoms with E-state index >= 15 is 0 Å². The first-order valence-electron chi connectivity index (χ1n) is 7.72. The Morgan fingerprint density at radius 3 is 2.52 bits per heavy atom. The Hall–Kier alpha value is -0.910. The van der Waals surface area contributed by atoms with E-state index in [1.54, 1.807) is 7.05 Å². The fourth-order valence-corrected chi connectivity index (χ4v) is 3.31. The molecule has 0 radical (unpaired) electrons. The van der Waals surface area contributed by atoms with Gasteiger partial charge in [-0.05, 0) is 30.5 Å². The molecule has 0 heterocycles. The normalized spacial score (nSPS) is 12.0. The van der Waals surface area contributed by atoms with Gasteiger partial charge >= 0.3 is 0 Å². The number of hydrogen-bond donors (Lipinski definition) is 1. The first-order valence-corrected chi connectivity index (χ1v) is 9.33. The third kappa shape index (κ3) is 6.59. The van der Waals surface area contributed by atoms with Crippen LogP contribution in [0.3, 0.4) is 0 Å². The van der Waals surface area contributed by atoms with Crippen molar-refractivity contribution in [1.29, 1.82) is 0 Å². The van der Waals surface area contributed by atoms with E-state index in [0.29, 0.717) is 6.54 Å². The summed E-state index contributed by atoms with van der Waals surface area (Å²) in [6, 6.07) is 7.82. The summed E-state index contributed by atoms with van der Waals surface area (Å²) in [6.45, 7) is 6.54. The van der Waals surface area contributed by atoms with Crippen molar-refractivity contribution in [2.75, 3.05) is 20.1 Å². The highest BCUT2D eigenvalue weighted by molar-refractivity contribution is 7.88. The predicted molar refractivity (Wildman–Crippen MR) is 88.6 cm³/mol. The Labute approximate surface area is 129 Å². The summed E-state index contributed by atoms with van der Waals surface area (Å²) in [4.78, 5) is 0. The number of hydrogen-bond acceptors (Lipinski definition) is 3. The number of benzene rings is 1. The highest BCUT2D eigenvalue weighted by atomic mass is 32.2. The Bertz CT molecular complexity index is 515. The molecule has 120 valence electrons. The minimum absolute atomic E-state index is 0.0782. The van der Waals surface area contributed by atoms with Gasteiger partial charge in [-0.25, -0.2) is 12.7 Å². The van der Waals surface area contributed by atoms with E-state index in [0.717, 1.165) is 43.5 Å². The monoisotopic (exact) mass is 312 g/mol. The molecule has 21 heavy (non-hydrogen) atoms. The van der Waals surface area contributed by atoms with Gasteiger partial charge in [-0.15, -0.1) is 0 Å². The molecular weight excluding hydrogens is 284 g/mol. The number of nitrogens with one attached hydrogen (secondary N) is 1. The molecule has 5 heteroatoms. The van der Waals surface area contributed by atoms with E-state index in [1.807, 2.05) is 24.3 Å². The first kappa shape index (κ1) is 18.1. The maximum atomic E-state index is 12.3. The van der Waals surface area contributed by atoms with Crippen LogP contribution in [0.5, 0.6) is 0 Å². The lowest BCUT2D eigenvalue weighted by atomic mass is 10.1. The van der Waals surface area contributed by atoms with Gasteiger partial charge in [0.1, 0.15) is 0 Å². The van der Waals surface area contributed by atoms with Crippen LogP contribution < -0.4 is 5.32 Å². The molecule has 0 aromatic heterocycles. The van der Waals surface area contributed by atoms with Gasteiger partial charge in [0.05, 0.1) is 5.75 Å². The Balaban J connectivity index is 2.66. The first-order chi connectivity index (χ1) is 9.99. The lowest BCUT2D eigenvalue weighted by Crippen LogP contribution is -2.29. The van der Waals surface area contributed by atoms with Crippen LogP contribution in [0.15, 0.2) is 24.3 Å². The Morgan fingerprint density at radius 1 is 1.14 bits per heavy atom. The van der Waals surface area contributed by atoms with E-state index < -0.39 is 10.0 Å². The average Bonchev–Trinajstić information content (AvgIpc) is 2.45. The summed E-state index contributed by atoms with van der Waals surface area (Å²) in [7, 11) is -1.55. The molecule has 0 atom stereocenters. The van der Waals surface area contributed by atoms with Crippen molar-refractivity contribution >= 4 is 10.0 Å². The largest absolute Gasteiger partial charge is 0.313 e. The van der Waals surface area contributed by atoms with E-state index in [-0.39, 0.29) is 5.75 Å². The van der Waals surface area contributed by atoms with Gasteiger partial charge in [-0.2, -0.15) is 0 Å². The van der Waals surface area contributed by atoms with Gasteiger partial charge in [0, 0.05) is 20.1 Å². The minimum atomic E-state index is -3.21. The highest BCUT2D eigenvalue weighted by Crippen LogP contribution is 2.12. The fourth-order valence-electron chi connectivity index (χ4n) is 2.08. The molecule has 0 amide bonds. The maximum Gasteiger partial charge on any atom is 0.218 e. The zero-order valence-electron chi connectivity index (χ0n) is 13.4. The zero-order chi connectivity index (χ0) is 15.7. The number of rotatable bonds is 10. The van der Waals surface area contributed by atoms with Crippen LogP contribution >= 0.6 is 0 Å². The molecule has 1 aromatic rings. The molecule has 0 aliphatic heterocycles. The Kier molecular flexibility index (Phi) is 7.93. The molecule has 0 saturated carbocycles. The minimum Gasteiger partial charge on any atom is -0.313 e. The second kappa shape index (κ2) is 9.18. The molecule has 0 fully saturated rings. The second-order valence-electron chi connectivity index (χ2n) is 5.43. The van der Waals surface area contributed by atoms with Crippen molar-refractivity contribution in [1.82, 2.24) is 9.62 Å². The van der Waals surface area contributed by atoms with Crippen LogP contribution in [-0.2, 0) is 22.3 Å². The lowest BCUT2D eigenvalue weighted by Gasteiger charge is -2.17. The number of unbranched alkanes of at least 4 members (excludes halogenated alkanes) is 1. The standard InChI is InChI=1S/C16H28N2O2S/c1-4-6-11-18(3)21(19,20)14-16-9-7-8-15(12-16)13-17-10-5-2/h7-9,12,17H,4-6,10-11,13-14H2,1-3H3. The molecular formula is C16H28N2O2S. The van der Waals surface area contributed by atoms with Crippen molar-refractivity contribution in [3.05, 3.63) is 35.4 Å². The van der Waals surface area contributed by atoms with Gasteiger partial charge in [0.25, 0.3) is 0 Å². The van der Waals surface area contributed by atoms with Gasteiger partial charge in [-0.3, -0.25) is 0 Å². The van der Waals surface area contributed by atoms with Gasteiger partial charge < -0.3 is 5.32 Å². The van der Waals surface area contributed by atoms with Crippen molar-refractivity contribution in [2.45, 2.75) is 45.4 Å². The molecule has 1 aromatic carbocycles. The van der Waals surface area contributed by atoms with Gasteiger partial charge in [0.2, 0.25) is 10.0 Å². The maximum absolute atomic E-state index is 12.3. The third-order valence-corrected chi connectivity index (χ3v) is 5.23. The number of sulfonamides is 1. The summed E-state index contributed by atoms with van der Waals surface area (Å²) in [5, 5.41) is 3.33. The van der Waals surface area contributed by atoms with Gasteiger partial charge in [0.15, 0.2) is 0 Å². The topological polar surface area (TPSA) is 49.4 Å². The van der Waals surface area contributed by atoms with E-state index in [1.165, 1.54) is 4.31 Å². The van der Waals surface area contributed by atoms with E-state index in [4.69, 9.17) is 0 Å². The summed E-state index contributed by atoms with van der Waals surface area (Å²) in [5.74, 6) is 0.0782. The van der Waals surface area contributed by atoms with Crippen LogP contribution in [0.2, 0.25) is 0 Å². The van der Waals surface area contributed by atoms with Crippen LogP contribution in [0.25, 0.3) is 0 Å². The van der Waals surface area contributed by atoms with Crippen LogP contribution in [0.1, 0.15) is 44.2 Å². The van der Waals surface area contributed by atoms with Crippen LogP contribution in [0.4, 0.5) is 0 Å². The van der Waals surface area contributed by atoms with Crippen molar-refractivity contribution in [3.63, 3.8) is 0 Å². The average molecular weight is 312 g/mol. The smallest absolute Gasteiger partial charge is 0.218 e. The summed E-state index contributed by atoms with van der Waals surface area (Å²) >= 11 is 0. The summed E-state index contributed by atoms with van der Waals surface area (Å²) < 4.78 is 26.0. The van der Waals surface area contributed by atoms with Crippen LogP contribution in [0, 0.1) is 0 Å². The highest BCUT2D eigenvalue weighted by Gasteiger charge is 2.17. The molecule has 0 aliphatic carbocycles. The van der Waals surface area contributed by atoms with Crippen molar-refractivity contribution < 1.29 is 8.42 Å². The SMILES string of the molecule is CCCCN(C)S(=O)(=O)Cc1cccc(CNCCC)c1. The molecule has 0 unspecified atom stereocenters. The van der Waals surface area contributed by atoms with E-state index in [9.17, 15) is 8.42 Å². The van der Waals surface area contributed by atoms with Crippen molar-refractivity contribution in [2.24, 2.45) is 0 Å². The fraction of sp³-hybridized carbons (Fsp3) is 0.625. The molecule has 0 bridgehead atoms. The molecule has 1 N–H and O–H groups in total. The molecule has 0 spiro atoms. The molecule has 1 rings (SSSR count). The quantitative estimate of drug-likeness (QED) is 0.676. The summed E-state index contributed by atoms with van der Waals surface area (Å²) in [6.07, 6.45) is 2.99. The Morgan fingerprint density at radius 2 is 1.86 bits per heavy atom. The predicted octanol–water partition coefficient (Wildman–Crippen LogP) is 2.75. The molecule has 0 aliphatic rings. The third-order valence-electron chi connectivity index (χ3n) is 3.40. The molecule has 4 nitrogen and oxygen atoms in total. The second-order valence-corrected chi connectivity index (χ2v) is 7.50. The van der Waals surface area contributed by atoms with Crippen LogP contribution in [-0.4, -0.2) is 32.9 Å². The van der Waals surface area contributed by atoms with E-state index in [2.05, 4.69) is 19.2 Å². The van der Waals surface area contributed by atoms with Gasteiger partial charge in [-0.1, -0.05) is 44.5 Å². The lowest BCUT2D eigenvalue weighted by molar-refractivity contribution is 0.458. The number of nitrogens with zero attached hydrogens (tertiary/aromatic N) is 1. The van der Waals surface area contributed by atoms with Crippen molar-refractivity contribution in [3.8, 4) is 0 Å². The summed E-state index contributed by atoms with van der Waals surface area (Å²) in [5.41, 5.74) is 1.99. The zero-order valence-corrected chi connectivity index (χ0v) is 14.2. The molecule has 0 saturated heterocycles.